The predicted octanol–water partition coefficient (Wildman–Crippen LogP) is 7.31. The molecule has 2 amide bonds. The molecule has 0 saturated carbocycles. The largest absolute Gasteiger partial charge is 0.573 e. The summed E-state index contributed by atoms with van der Waals surface area (Å²) < 4.78 is 61.6. The summed E-state index contributed by atoms with van der Waals surface area (Å²) in [6.45, 7) is 1.74. The Morgan fingerprint density at radius 2 is 1.72 bits per heavy atom. The fourth-order valence-electron chi connectivity index (χ4n) is 3.17. The molecular formula is C24H17ClF4N4O3. The van der Waals surface area contributed by atoms with Gasteiger partial charge in [0.1, 0.15) is 11.6 Å². The number of hydrogen-bond acceptors (Lipinski definition) is 4. The van der Waals surface area contributed by atoms with Crippen molar-refractivity contribution in [2.45, 2.75) is 13.3 Å². The molecule has 7 nitrogen and oxygen atoms in total. The van der Waals surface area contributed by atoms with Crippen molar-refractivity contribution in [1.82, 2.24) is 9.78 Å². The van der Waals surface area contributed by atoms with Crippen LogP contribution in [0.3, 0.4) is 0 Å². The van der Waals surface area contributed by atoms with Crippen molar-refractivity contribution >= 4 is 29.0 Å². The molecule has 0 saturated heterocycles. The lowest BCUT2D eigenvalue weighted by atomic mass is 10.3. The van der Waals surface area contributed by atoms with Gasteiger partial charge in [0.05, 0.1) is 22.1 Å². The summed E-state index contributed by atoms with van der Waals surface area (Å²) in [5.41, 5.74) is 1.52. The third-order valence-electron chi connectivity index (χ3n) is 4.63. The van der Waals surface area contributed by atoms with Gasteiger partial charge in [-0.2, -0.15) is 9.78 Å². The number of ether oxygens (including phenoxy) is 2. The first-order valence-corrected chi connectivity index (χ1v) is 10.7. The van der Waals surface area contributed by atoms with Crippen molar-refractivity contribution in [1.29, 1.82) is 0 Å². The van der Waals surface area contributed by atoms with E-state index < -0.39 is 24.0 Å². The Balaban J connectivity index is 1.50. The second kappa shape index (κ2) is 10.2. The van der Waals surface area contributed by atoms with Crippen LogP contribution in [0.25, 0.3) is 5.69 Å². The van der Waals surface area contributed by atoms with Crippen molar-refractivity contribution in [2.24, 2.45) is 0 Å². The fourth-order valence-corrected chi connectivity index (χ4v) is 3.42. The van der Waals surface area contributed by atoms with E-state index in [-0.39, 0.29) is 22.3 Å². The van der Waals surface area contributed by atoms with E-state index in [0.29, 0.717) is 17.1 Å². The summed E-state index contributed by atoms with van der Waals surface area (Å²) in [6, 6.07) is 16.1. The highest BCUT2D eigenvalue weighted by Crippen LogP contribution is 2.33. The number of carbonyl (C=O) groups is 1. The standard InChI is InChI=1S/C24H17ClF4N4O3/c1-14-12-22(33(32-14)20-11-6-15(26)13-18(20)25)35-21-5-3-2-4-19(21)31-23(34)30-16-7-9-17(10-8-16)36-24(27,28)29/h2-13H,1H3,(H2,30,31,34). The molecule has 186 valence electrons. The number of amides is 2. The van der Waals surface area contributed by atoms with E-state index in [1.54, 1.807) is 37.3 Å². The van der Waals surface area contributed by atoms with Gasteiger partial charge in [-0.25, -0.2) is 9.18 Å². The first-order valence-electron chi connectivity index (χ1n) is 10.3. The third kappa shape index (κ3) is 6.25. The Morgan fingerprint density at radius 1 is 1.00 bits per heavy atom. The first-order chi connectivity index (χ1) is 17.1. The summed E-state index contributed by atoms with van der Waals surface area (Å²) in [7, 11) is 0. The molecule has 0 atom stereocenters. The molecular weight excluding hydrogens is 504 g/mol. The molecule has 4 rings (SSSR count). The van der Waals surface area contributed by atoms with Crippen molar-refractivity contribution in [3.63, 3.8) is 0 Å². The Kier molecular flexibility index (Phi) is 7.02. The number of halogens is 5. The summed E-state index contributed by atoms with van der Waals surface area (Å²) >= 11 is 6.18. The van der Waals surface area contributed by atoms with Crippen LogP contribution in [-0.4, -0.2) is 22.2 Å². The number of carbonyl (C=O) groups excluding carboxylic acids is 1. The molecule has 0 aliphatic heterocycles. The smallest absolute Gasteiger partial charge is 0.437 e. The fraction of sp³-hybridized carbons (Fsp3) is 0.0833. The van der Waals surface area contributed by atoms with Crippen molar-refractivity contribution in [3.05, 3.63) is 89.3 Å². The molecule has 36 heavy (non-hydrogen) atoms. The van der Waals surface area contributed by atoms with Gasteiger partial charge >= 0.3 is 12.4 Å². The quantitative estimate of drug-likeness (QED) is 0.261. The molecule has 2 N–H and O–H groups in total. The Hall–Kier alpha value is -4.25. The van der Waals surface area contributed by atoms with Crippen LogP contribution in [0.5, 0.6) is 17.4 Å². The first kappa shape index (κ1) is 24.9. The normalized spacial score (nSPS) is 11.2. The van der Waals surface area contributed by atoms with E-state index in [9.17, 15) is 22.4 Å². The van der Waals surface area contributed by atoms with Crippen LogP contribution in [0.15, 0.2) is 72.8 Å². The Bertz CT molecular complexity index is 1390. The van der Waals surface area contributed by atoms with Crippen LogP contribution < -0.4 is 20.1 Å². The van der Waals surface area contributed by atoms with Crippen molar-refractivity contribution in [3.8, 4) is 23.1 Å². The zero-order valence-corrected chi connectivity index (χ0v) is 19.2. The molecule has 0 unspecified atom stereocenters. The van der Waals surface area contributed by atoms with Crippen molar-refractivity contribution in [2.75, 3.05) is 10.6 Å². The molecule has 4 aromatic rings. The van der Waals surface area contributed by atoms with E-state index in [2.05, 4.69) is 20.5 Å². The Morgan fingerprint density at radius 3 is 2.42 bits per heavy atom. The van der Waals surface area contributed by atoms with Crippen LogP contribution in [-0.2, 0) is 0 Å². The molecule has 0 radical (unpaired) electrons. The van der Waals surface area contributed by atoms with Crippen LogP contribution in [0.2, 0.25) is 5.02 Å². The van der Waals surface area contributed by atoms with Crippen LogP contribution >= 0.6 is 11.6 Å². The van der Waals surface area contributed by atoms with E-state index >= 15 is 0 Å². The van der Waals surface area contributed by atoms with Gasteiger partial charge < -0.3 is 20.1 Å². The topological polar surface area (TPSA) is 77.4 Å². The van der Waals surface area contributed by atoms with E-state index in [1.807, 2.05) is 0 Å². The summed E-state index contributed by atoms with van der Waals surface area (Å²) in [5, 5.41) is 9.61. The monoisotopic (exact) mass is 520 g/mol. The molecule has 0 aliphatic carbocycles. The van der Waals surface area contributed by atoms with Gasteiger partial charge in [0.15, 0.2) is 5.75 Å². The van der Waals surface area contributed by atoms with Crippen LogP contribution in [0, 0.1) is 12.7 Å². The summed E-state index contributed by atoms with van der Waals surface area (Å²) in [5.74, 6) is -0.393. The summed E-state index contributed by atoms with van der Waals surface area (Å²) in [6.07, 6.45) is -4.81. The van der Waals surface area contributed by atoms with E-state index in [1.165, 1.54) is 28.9 Å². The number of nitrogens with zero attached hydrogens (tertiary/aromatic N) is 2. The number of aryl methyl sites for hydroxylation is 1. The number of rotatable bonds is 6. The SMILES string of the molecule is Cc1cc(Oc2ccccc2NC(=O)Nc2ccc(OC(F)(F)F)cc2)n(-c2ccc(F)cc2Cl)n1. The van der Waals surface area contributed by atoms with Gasteiger partial charge in [0.2, 0.25) is 5.88 Å². The predicted molar refractivity (Wildman–Crippen MR) is 126 cm³/mol. The molecule has 3 aromatic carbocycles. The minimum atomic E-state index is -4.81. The number of para-hydroxylation sites is 2. The minimum absolute atomic E-state index is 0.125. The molecule has 1 heterocycles. The number of aromatic nitrogens is 2. The highest BCUT2D eigenvalue weighted by molar-refractivity contribution is 6.32. The highest BCUT2D eigenvalue weighted by atomic mass is 35.5. The lowest BCUT2D eigenvalue weighted by Crippen LogP contribution is -2.20. The maximum Gasteiger partial charge on any atom is 0.573 e. The molecule has 1 aromatic heterocycles. The van der Waals surface area contributed by atoms with Crippen LogP contribution in [0.1, 0.15) is 5.69 Å². The van der Waals surface area contributed by atoms with Gasteiger partial charge in [0.25, 0.3) is 0 Å². The molecule has 0 fully saturated rings. The molecule has 12 heteroatoms. The number of nitrogens with one attached hydrogen (secondary N) is 2. The number of anilines is 2. The van der Waals surface area contributed by atoms with Gasteiger partial charge in [-0.15, -0.1) is 13.2 Å². The summed E-state index contributed by atoms with van der Waals surface area (Å²) in [4.78, 5) is 12.5. The maximum absolute atomic E-state index is 13.5. The molecule has 0 bridgehead atoms. The number of alkyl halides is 3. The minimum Gasteiger partial charge on any atom is -0.437 e. The zero-order chi connectivity index (χ0) is 25.9. The van der Waals surface area contributed by atoms with E-state index in [4.69, 9.17) is 16.3 Å². The zero-order valence-electron chi connectivity index (χ0n) is 18.4. The second-order valence-corrected chi connectivity index (χ2v) is 7.79. The number of hydrogen-bond donors (Lipinski definition) is 2. The van der Waals surface area contributed by atoms with Gasteiger partial charge in [-0.1, -0.05) is 23.7 Å². The van der Waals surface area contributed by atoms with Crippen LogP contribution in [0.4, 0.5) is 33.7 Å². The highest BCUT2D eigenvalue weighted by Gasteiger charge is 2.31. The number of urea groups is 1. The second-order valence-electron chi connectivity index (χ2n) is 7.38. The maximum atomic E-state index is 13.5. The van der Waals surface area contributed by atoms with Gasteiger partial charge in [0, 0.05) is 11.8 Å². The average Bonchev–Trinajstić information content (AvgIpc) is 3.15. The molecule has 0 spiro atoms. The Labute approximate surface area is 207 Å². The lowest BCUT2D eigenvalue weighted by molar-refractivity contribution is -0.274. The third-order valence-corrected chi connectivity index (χ3v) is 4.94. The van der Waals surface area contributed by atoms with Gasteiger partial charge in [-0.05, 0) is 61.5 Å². The van der Waals surface area contributed by atoms with E-state index in [0.717, 1.165) is 18.2 Å². The number of benzene rings is 3. The lowest BCUT2D eigenvalue weighted by Gasteiger charge is -2.14. The van der Waals surface area contributed by atoms with Gasteiger partial charge in [-0.3, -0.25) is 0 Å². The average molecular weight is 521 g/mol. The van der Waals surface area contributed by atoms with Crippen molar-refractivity contribution < 1.29 is 31.8 Å². The molecule has 0 aliphatic rings.